The monoisotopic (exact) mass is 418 g/mol. The van der Waals surface area contributed by atoms with E-state index >= 15 is 0 Å². The molecule has 0 spiro atoms. The maximum atomic E-state index is 11.3. The van der Waals surface area contributed by atoms with Crippen molar-refractivity contribution in [3.05, 3.63) is 65.9 Å². The van der Waals surface area contributed by atoms with Crippen LogP contribution in [0, 0.1) is 5.92 Å². The van der Waals surface area contributed by atoms with Crippen LogP contribution in [0.1, 0.15) is 47.5 Å². The van der Waals surface area contributed by atoms with Crippen LogP contribution in [0.5, 0.6) is 5.75 Å². The van der Waals surface area contributed by atoms with E-state index in [1.54, 1.807) is 18.2 Å². The number of likely N-dealkylation sites (tertiary alicyclic amines) is 1. The van der Waals surface area contributed by atoms with Crippen molar-refractivity contribution in [2.75, 3.05) is 26.2 Å². The smallest absolute Gasteiger partial charge is 0.339 e. The van der Waals surface area contributed by atoms with Gasteiger partial charge in [0.05, 0.1) is 0 Å². The van der Waals surface area contributed by atoms with Gasteiger partial charge in [0.15, 0.2) is 0 Å². The minimum atomic E-state index is -0.947. The van der Waals surface area contributed by atoms with Crippen LogP contribution in [0.3, 0.4) is 0 Å². The van der Waals surface area contributed by atoms with E-state index in [2.05, 4.69) is 39.9 Å². The molecule has 5 heteroatoms. The minimum absolute atomic E-state index is 0.226. The largest absolute Gasteiger partial charge is 0.491 e. The van der Waals surface area contributed by atoms with Crippen molar-refractivity contribution in [3.63, 3.8) is 0 Å². The quantitative estimate of drug-likeness (QED) is 0.559. The second-order valence-corrected chi connectivity index (χ2v) is 8.96. The number of hydrogen-bond donors (Lipinski definition) is 1. The Hall–Kier alpha value is -2.79. The van der Waals surface area contributed by atoms with Gasteiger partial charge in [-0.15, -0.1) is 0 Å². The van der Waals surface area contributed by atoms with Crippen molar-refractivity contribution in [2.45, 2.75) is 38.1 Å². The summed E-state index contributed by atoms with van der Waals surface area (Å²) in [6.45, 7) is 4.60. The first-order chi connectivity index (χ1) is 15.2. The number of nitrogens with zero attached hydrogens (tertiary/aromatic N) is 2. The molecule has 0 radical (unpaired) electrons. The number of carbonyl (C=O) groups is 1. The number of piperidine rings is 1. The van der Waals surface area contributed by atoms with Gasteiger partial charge in [0, 0.05) is 30.2 Å². The lowest BCUT2D eigenvalue weighted by atomic mass is 9.89. The number of benzene rings is 2. The molecular formula is C26H30N2O3. The predicted molar refractivity (Wildman–Crippen MR) is 122 cm³/mol. The summed E-state index contributed by atoms with van der Waals surface area (Å²) in [5.74, 6) is 0.984. The summed E-state index contributed by atoms with van der Waals surface area (Å²) in [6, 6.07) is 15.7. The minimum Gasteiger partial charge on any atom is -0.491 e. The Kier molecular flexibility index (Phi) is 5.68. The van der Waals surface area contributed by atoms with E-state index in [4.69, 9.17) is 4.74 Å². The van der Waals surface area contributed by atoms with E-state index in [9.17, 15) is 9.90 Å². The zero-order valence-electron chi connectivity index (χ0n) is 17.9. The summed E-state index contributed by atoms with van der Waals surface area (Å²) in [6.07, 6.45) is 7.49. The SMILES string of the molecule is O=C(O)c1ccccc1OCCN1CCC(c2cn(CC3CC3)c3ccccc23)CC1. The molecule has 2 aliphatic rings. The van der Waals surface area contributed by atoms with Crippen LogP contribution >= 0.6 is 0 Å². The molecule has 5 rings (SSSR count). The topological polar surface area (TPSA) is 54.7 Å². The molecule has 31 heavy (non-hydrogen) atoms. The van der Waals surface area contributed by atoms with E-state index in [-0.39, 0.29) is 5.56 Å². The molecule has 0 amide bonds. The molecular weight excluding hydrogens is 388 g/mol. The average Bonchev–Trinajstić information content (AvgIpc) is 3.54. The Bertz CT molecular complexity index is 1060. The summed E-state index contributed by atoms with van der Waals surface area (Å²) in [5, 5.41) is 10.7. The van der Waals surface area contributed by atoms with Crippen LogP contribution in [0.25, 0.3) is 10.9 Å². The lowest BCUT2D eigenvalue weighted by Gasteiger charge is -2.31. The summed E-state index contributed by atoms with van der Waals surface area (Å²) in [7, 11) is 0. The maximum Gasteiger partial charge on any atom is 0.339 e. The molecule has 1 aliphatic heterocycles. The Labute approximate surface area is 183 Å². The number of para-hydroxylation sites is 2. The molecule has 0 bridgehead atoms. The first kappa shape index (κ1) is 20.1. The van der Waals surface area contributed by atoms with Gasteiger partial charge in [0.2, 0.25) is 0 Å². The van der Waals surface area contributed by atoms with Crippen LogP contribution in [0.4, 0.5) is 0 Å². The second kappa shape index (κ2) is 8.75. The summed E-state index contributed by atoms with van der Waals surface area (Å²) in [5.41, 5.74) is 3.13. The van der Waals surface area contributed by atoms with Crippen molar-refractivity contribution in [3.8, 4) is 5.75 Å². The van der Waals surface area contributed by atoms with E-state index in [0.29, 0.717) is 18.3 Å². The normalized spacial score (nSPS) is 17.8. The highest BCUT2D eigenvalue weighted by molar-refractivity contribution is 5.90. The molecule has 1 aromatic heterocycles. The van der Waals surface area contributed by atoms with Crippen LogP contribution in [0.2, 0.25) is 0 Å². The molecule has 1 N–H and O–H groups in total. The number of ether oxygens (including phenoxy) is 1. The Morgan fingerprint density at radius 3 is 2.52 bits per heavy atom. The van der Waals surface area contributed by atoms with Crippen LogP contribution in [-0.4, -0.2) is 46.8 Å². The molecule has 0 unspecified atom stereocenters. The van der Waals surface area contributed by atoms with Gasteiger partial charge in [0.25, 0.3) is 0 Å². The molecule has 1 aliphatic carbocycles. The fourth-order valence-corrected chi connectivity index (χ4v) is 4.85. The molecule has 162 valence electrons. The van der Waals surface area contributed by atoms with E-state index in [0.717, 1.165) is 44.9 Å². The van der Waals surface area contributed by atoms with Crippen molar-refractivity contribution in [1.29, 1.82) is 0 Å². The zero-order chi connectivity index (χ0) is 21.2. The van der Waals surface area contributed by atoms with Gasteiger partial charge >= 0.3 is 5.97 Å². The molecule has 2 fully saturated rings. The summed E-state index contributed by atoms with van der Waals surface area (Å²) >= 11 is 0. The van der Waals surface area contributed by atoms with Crippen molar-refractivity contribution < 1.29 is 14.6 Å². The Morgan fingerprint density at radius 2 is 1.74 bits per heavy atom. The molecule has 5 nitrogen and oxygen atoms in total. The lowest BCUT2D eigenvalue weighted by Crippen LogP contribution is -2.35. The van der Waals surface area contributed by atoms with Gasteiger partial charge in [-0.3, -0.25) is 4.90 Å². The van der Waals surface area contributed by atoms with Gasteiger partial charge in [-0.25, -0.2) is 4.79 Å². The lowest BCUT2D eigenvalue weighted by molar-refractivity contribution is 0.0691. The number of carboxylic acid groups (broad SMARTS) is 1. The predicted octanol–water partition coefficient (Wildman–Crippen LogP) is 5.01. The molecule has 3 aromatic rings. The highest BCUT2D eigenvalue weighted by Crippen LogP contribution is 2.37. The van der Waals surface area contributed by atoms with Gasteiger partial charge in [-0.1, -0.05) is 30.3 Å². The highest BCUT2D eigenvalue weighted by atomic mass is 16.5. The number of fused-ring (bicyclic) bond motifs is 1. The number of rotatable bonds is 8. The van der Waals surface area contributed by atoms with Crippen LogP contribution in [0.15, 0.2) is 54.7 Å². The molecule has 0 atom stereocenters. The molecule has 2 aromatic carbocycles. The van der Waals surface area contributed by atoms with Gasteiger partial charge < -0.3 is 14.4 Å². The number of carboxylic acids is 1. The number of aromatic carboxylic acids is 1. The van der Waals surface area contributed by atoms with Gasteiger partial charge in [0.1, 0.15) is 17.9 Å². The third-order valence-electron chi connectivity index (χ3n) is 6.78. The first-order valence-corrected chi connectivity index (χ1v) is 11.4. The number of hydrogen-bond acceptors (Lipinski definition) is 3. The third-order valence-corrected chi connectivity index (χ3v) is 6.78. The van der Waals surface area contributed by atoms with Crippen molar-refractivity contribution in [1.82, 2.24) is 9.47 Å². The summed E-state index contributed by atoms with van der Waals surface area (Å²) < 4.78 is 8.28. The van der Waals surface area contributed by atoms with E-state index in [1.165, 1.54) is 29.3 Å². The molecule has 1 saturated carbocycles. The van der Waals surface area contributed by atoms with Gasteiger partial charge in [-0.2, -0.15) is 0 Å². The molecule has 2 heterocycles. The van der Waals surface area contributed by atoms with Gasteiger partial charge in [-0.05, 0) is 74.4 Å². The van der Waals surface area contributed by atoms with E-state index < -0.39 is 5.97 Å². The van der Waals surface area contributed by atoms with Crippen LogP contribution < -0.4 is 4.74 Å². The maximum absolute atomic E-state index is 11.3. The summed E-state index contributed by atoms with van der Waals surface area (Å²) in [4.78, 5) is 13.8. The van der Waals surface area contributed by atoms with E-state index in [1.807, 2.05) is 6.07 Å². The Morgan fingerprint density at radius 1 is 1.00 bits per heavy atom. The van der Waals surface area contributed by atoms with Crippen molar-refractivity contribution in [2.24, 2.45) is 5.92 Å². The molecule has 1 saturated heterocycles. The number of aromatic nitrogens is 1. The first-order valence-electron chi connectivity index (χ1n) is 11.4. The van der Waals surface area contributed by atoms with Crippen LogP contribution in [-0.2, 0) is 6.54 Å². The zero-order valence-corrected chi connectivity index (χ0v) is 17.9. The third kappa shape index (κ3) is 4.47. The fourth-order valence-electron chi connectivity index (χ4n) is 4.85. The highest BCUT2D eigenvalue weighted by Gasteiger charge is 2.26. The standard InChI is InChI=1S/C26H30N2O3/c29-26(30)22-6-2-4-8-25(22)31-16-15-27-13-11-20(12-14-27)23-18-28(17-19-9-10-19)24-7-3-1-5-21(23)24/h1-8,18-20H,9-17H2,(H,29,30). The van der Waals surface area contributed by atoms with Crippen molar-refractivity contribution >= 4 is 16.9 Å². The average molecular weight is 419 g/mol. The fraction of sp³-hybridized carbons (Fsp3) is 0.423. The Balaban J connectivity index is 1.18. The second-order valence-electron chi connectivity index (χ2n) is 8.96.